The third-order valence-electron chi connectivity index (χ3n) is 4.22. The van der Waals surface area contributed by atoms with Crippen molar-refractivity contribution < 1.29 is 14.4 Å². The molecule has 0 bridgehead atoms. The van der Waals surface area contributed by atoms with Crippen LogP contribution in [0, 0.1) is 0 Å². The number of hydrogen-bond donors (Lipinski definition) is 0. The van der Waals surface area contributed by atoms with Gasteiger partial charge in [-0.05, 0) is 23.7 Å². The largest absolute Gasteiger partial charge is 0.307 e. The van der Waals surface area contributed by atoms with E-state index in [0.29, 0.717) is 39.3 Å². The van der Waals surface area contributed by atoms with Gasteiger partial charge in [-0.25, -0.2) is 0 Å². The number of hydrogen-bond acceptors (Lipinski definition) is 6. The van der Waals surface area contributed by atoms with Gasteiger partial charge in [0.05, 0.1) is 20.0 Å². The van der Waals surface area contributed by atoms with Crippen LogP contribution >= 0.6 is 35.3 Å². The van der Waals surface area contributed by atoms with Crippen LogP contribution in [0.1, 0.15) is 46.5 Å². The van der Waals surface area contributed by atoms with Gasteiger partial charge in [0.15, 0.2) is 0 Å². The second kappa shape index (κ2) is 15.3. The molecule has 6 nitrogen and oxygen atoms in total. The predicted octanol–water partition coefficient (Wildman–Crippen LogP) is 3.18. The molecule has 1 aliphatic heterocycles. The fourth-order valence-corrected chi connectivity index (χ4v) is 4.74. The van der Waals surface area contributed by atoms with Gasteiger partial charge >= 0.3 is 0 Å². The third-order valence-corrected chi connectivity index (χ3v) is 7.21. The summed E-state index contributed by atoms with van der Waals surface area (Å²) in [4.78, 5) is 42.8. The molecule has 9 heteroatoms. The lowest BCUT2D eigenvalue weighted by Crippen LogP contribution is -2.59. The van der Waals surface area contributed by atoms with E-state index < -0.39 is 0 Å². The lowest BCUT2D eigenvalue weighted by atomic mass is 10.3. The van der Waals surface area contributed by atoms with Gasteiger partial charge in [-0.2, -0.15) is 35.3 Å². The fraction of sp³-hybridized carbons (Fsp3) is 0.842. The van der Waals surface area contributed by atoms with Gasteiger partial charge in [-0.3, -0.25) is 14.4 Å². The highest BCUT2D eigenvalue weighted by atomic mass is 32.2. The van der Waals surface area contributed by atoms with Crippen molar-refractivity contribution in [2.45, 2.75) is 46.5 Å². The highest BCUT2D eigenvalue weighted by molar-refractivity contribution is 7.99. The maximum Gasteiger partial charge on any atom is 0.226 e. The number of amides is 3. The van der Waals surface area contributed by atoms with E-state index in [-0.39, 0.29) is 17.7 Å². The topological polar surface area (TPSA) is 60.9 Å². The first-order valence-corrected chi connectivity index (χ1v) is 13.6. The number of carbonyl (C=O) groups is 3. The Hall–Kier alpha value is -0.540. The molecule has 162 valence electrons. The van der Waals surface area contributed by atoms with E-state index in [1.54, 1.807) is 50.0 Å². The Bertz CT molecular complexity index is 464. The molecule has 1 saturated heterocycles. The maximum absolute atomic E-state index is 12.6. The summed E-state index contributed by atoms with van der Waals surface area (Å²) >= 11 is 5.23. The lowest BCUT2D eigenvalue weighted by molar-refractivity contribution is -0.158. The van der Waals surface area contributed by atoms with Crippen LogP contribution in [0.2, 0.25) is 0 Å². The summed E-state index contributed by atoms with van der Waals surface area (Å²) in [5.41, 5.74) is 0. The van der Waals surface area contributed by atoms with Crippen molar-refractivity contribution in [1.82, 2.24) is 14.7 Å². The lowest BCUT2D eigenvalue weighted by Gasteiger charge is -2.42. The molecule has 0 saturated carbocycles. The molecule has 0 aromatic carbocycles. The molecule has 0 aromatic heterocycles. The molecule has 1 heterocycles. The minimum absolute atomic E-state index is 0.0135. The Morgan fingerprint density at radius 3 is 1.29 bits per heavy atom. The minimum Gasteiger partial charge on any atom is -0.307 e. The quantitative estimate of drug-likeness (QED) is 0.403. The normalized spacial score (nSPS) is 14.5. The van der Waals surface area contributed by atoms with Crippen LogP contribution in [0.4, 0.5) is 0 Å². The van der Waals surface area contributed by atoms with Gasteiger partial charge in [0.1, 0.15) is 0 Å². The van der Waals surface area contributed by atoms with Crippen LogP contribution in [0.25, 0.3) is 0 Å². The smallest absolute Gasteiger partial charge is 0.226 e. The Kier molecular flexibility index (Phi) is 14.0. The maximum atomic E-state index is 12.6. The summed E-state index contributed by atoms with van der Waals surface area (Å²) < 4.78 is 0. The van der Waals surface area contributed by atoms with E-state index in [4.69, 9.17) is 0 Å². The Morgan fingerprint density at radius 1 is 0.607 bits per heavy atom. The van der Waals surface area contributed by atoms with Gasteiger partial charge in [0, 0.05) is 36.5 Å². The molecule has 1 fully saturated rings. The van der Waals surface area contributed by atoms with E-state index in [1.807, 2.05) is 0 Å². The van der Waals surface area contributed by atoms with Gasteiger partial charge in [-0.1, -0.05) is 20.8 Å². The Labute approximate surface area is 182 Å². The first-order chi connectivity index (χ1) is 13.5. The van der Waals surface area contributed by atoms with Crippen molar-refractivity contribution in [1.29, 1.82) is 0 Å². The van der Waals surface area contributed by atoms with Crippen LogP contribution in [0.5, 0.6) is 0 Å². The van der Waals surface area contributed by atoms with Crippen LogP contribution in [-0.2, 0) is 14.4 Å². The van der Waals surface area contributed by atoms with Gasteiger partial charge in [0.25, 0.3) is 0 Å². The van der Waals surface area contributed by atoms with Crippen LogP contribution < -0.4 is 0 Å². The molecule has 1 aliphatic rings. The summed E-state index contributed by atoms with van der Waals surface area (Å²) in [5, 5.41) is 0. The summed E-state index contributed by atoms with van der Waals surface area (Å²) in [6.07, 6.45) is 2.44. The van der Waals surface area contributed by atoms with Crippen LogP contribution in [0.15, 0.2) is 0 Å². The van der Waals surface area contributed by atoms with E-state index in [1.165, 1.54) is 0 Å². The zero-order chi connectivity index (χ0) is 20.8. The molecule has 0 atom stereocenters. The van der Waals surface area contributed by atoms with E-state index >= 15 is 0 Å². The standard InChI is InChI=1S/C19H35N3O3S3/c1-4-10-28-13-9-19(25)22-15-20(17(23)7-11-26-5-2)14-21(16-22)18(24)8-12-27-6-3/h4-16H2,1-3H3. The highest BCUT2D eigenvalue weighted by Crippen LogP contribution is 2.15. The van der Waals surface area contributed by atoms with Gasteiger partial charge in [0.2, 0.25) is 17.7 Å². The SMILES string of the molecule is CCCSCCC(=O)N1CN(C(=O)CCSCC)CN(C(=O)CCSCC)C1. The molecule has 0 aliphatic carbocycles. The predicted molar refractivity (Wildman–Crippen MR) is 123 cm³/mol. The van der Waals surface area contributed by atoms with Crippen molar-refractivity contribution in [3.8, 4) is 0 Å². The zero-order valence-electron chi connectivity index (χ0n) is 17.5. The average Bonchev–Trinajstić information content (AvgIpc) is 2.70. The summed E-state index contributed by atoms with van der Waals surface area (Å²) in [5.74, 6) is 5.38. The molecule has 0 radical (unpaired) electrons. The van der Waals surface area contributed by atoms with Crippen LogP contribution in [-0.4, -0.2) is 86.9 Å². The van der Waals surface area contributed by atoms with Crippen molar-refractivity contribution in [3.05, 3.63) is 0 Å². The molecule has 0 spiro atoms. The molecule has 1 rings (SSSR count). The summed E-state index contributed by atoms with van der Waals surface area (Å²) in [6.45, 7) is 7.14. The van der Waals surface area contributed by atoms with Crippen LogP contribution in [0.3, 0.4) is 0 Å². The van der Waals surface area contributed by atoms with E-state index in [2.05, 4.69) is 20.8 Å². The Balaban J connectivity index is 2.69. The first kappa shape index (κ1) is 25.5. The van der Waals surface area contributed by atoms with E-state index in [9.17, 15) is 14.4 Å². The molecular formula is C19H35N3O3S3. The van der Waals surface area contributed by atoms with Gasteiger partial charge < -0.3 is 14.7 Å². The monoisotopic (exact) mass is 449 g/mol. The molecule has 0 N–H and O–H groups in total. The molecule has 28 heavy (non-hydrogen) atoms. The summed E-state index contributed by atoms with van der Waals surface area (Å²) in [6, 6.07) is 0. The molecule has 0 unspecified atom stereocenters. The molecular weight excluding hydrogens is 414 g/mol. The van der Waals surface area contributed by atoms with Gasteiger partial charge in [-0.15, -0.1) is 0 Å². The number of carbonyl (C=O) groups excluding carboxylic acids is 3. The fourth-order valence-electron chi connectivity index (χ4n) is 2.71. The van der Waals surface area contributed by atoms with Crippen molar-refractivity contribution >= 4 is 53.0 Å². The molecule has 3 amide bonds. The number of nitrogens with zero attached hydrogens (tertiary/aromatic N) is 3. The minimum atomic E-state index is 0.0135. The van der Waals surface area contributed by atoms with E-state index in [0.717, 1.165) is 40.9 Å². The Morgan fingerprint density at radius 2 is 0.964 bits per heavy atom. The third kappa shape index (κ3) is 9.78. The zero-order valence-corrected chi connectivity index (χ0v) is 19.9. The summed E-state index contributed by atoms with van der Waals surface area (Å²) in [7, 11) is 0. The van der Waals surface area contributed by atoms with Crippen molar-refractivity contribution in [2.24, 2.45) is 0 Å². The second-order valence-corrected chi connectivity index (χ2v) is 10.5. The molecule has 0 aromatic rings. The van der Waals surface area contributed by atoms with Crippen molar-refractivity contribution in [3.63, 3.8) is 0 Å². The first-order valence-electron chi connectivity index (χ1n) is 10.1. The highest BCUT2D eigenvalue weighted by Gasteiger charge is 2.31. The second-order valence-electron chi connectivity index (χ2n) is 6.48. The number of thioether (sulfide) groups is 3. The average molecular weight is 450 g/mol. The number of rotatable bonds is 13. The van der Waals surface area contributed by atoms with Crippen molar-refractivity contribution in [2.75, 3.05) is 54.5 Å².